The minimum absolute atomic E-state index is 0.0421. The van der Waals surface area contributed by atoms with Crippen LogP contribution in [0.2, 0.25) is 0 Å². The lowest BCUT2D eigenvalue weighted by Gasteiger charge is -2.61. The zero-order valence-corrected chi connectivity index (χ0v) is 16.3. The van der Waals surface area contributed by atoms with E-state index in [2.05, 4.69) is 20.8 Å². The Kier molecular flexibility index (Phi) is 4.00. The Bertz CT molecular complexity index is 598. The van der Waals surface area contributed by atoms with Crippen LogP contribution in [0.25, 0.3) is 0 Å². The Hall–Kier alpha value is -0.700. The van der Waals surface area contributed by atoms with Crippen molar-refractivity contribution in [3.63, 3.8) is 0 Å². The Morgan fingerprint density at radius 3 is 2.60 bits per heavy atom. The number of Topliss-reactive ketones (excluding diaryl/α,β-unsaturated/α-hetero) is 2. The van der Waals surface area contributed by atoms with Crippen molar-refractivity contribution in [2.75, 3.05) is 0 Å². The summed E-state index contributed by atoms with van der Waals surface area (Å²) in [4.78, 5) is 24.4. The van der Waals surface area contributed by atoms with Crippen LogP contribution in [0.15, 0.2) is 0 Å². The number of ketones is 2. The lowest BCUT2D eigenvalue weighted by Crippen LogP contribution is -2.59. The van der Waals surface area contributed by atoms with Gasteiger partial charge in [0.25, 0.3) is 0 Å². The zero-order valence-electron chi connectivity index (χ0n) is 16.3. The van der Waals surface area contributed by atoms with Gasteiger partial charge in [-0.1, -0.05) is 20.8 Å². The average Bonchev–Trinajstić information content (AvgIpc) is 2.77. The van der Waals surface area contributed by atoms with Crippen molar-refractivity contribution in [3.05, 3.63) is 0 Å². The molecule has 1 N–H and O–H groups in total. The highest BCUT2D eigenvalue weighted by Gasteiger charge is 2.64. The molecule has 4 saturated carbocycles. The van der Waals surface area contributed by atoms with E-state index in [0.29, 0.717) is 47.6 Å². The predicted octanol–water partition coefficient (Wildman–Crippen LogP) is 4.02. The molecule has 0 spiro atoms. The lowest BCUT2D eigenvalue weighted by atomic mass is 9.44. The van der Waals surface area contributed by atoms with Crippen molar-refractivity contribution < 1.29 is 14.7 Å². The van der Waals surface area contributed by atoms with Crippen LogP contribution in [0.5, 0.6) is 0 Å². The molecule has 0 bridgehead atoms. The largest absolute Gasteiger partial charge is 0.393 e. The van der Waals surface area contributed by atoms with Crippen molar-refractivity contribution in [1.82, 2.24) is 0 Å². The standard InChI is InChI=1S/C22H34O3/c1-12-9-17-16-6-5-14-10-15(24)7-8-21(14,3)20(16)18(25)11-22(17,4)19(12)13(2)23/h12,14,16-20,25H,5-11H2,1-4H3/t12-,14-,16-,17-,18-,19-,20-,21+,22+/m0/s1. The molecule has 0 saturated heterocycles. The molecular weight excluding hydrogens is 312 g/mol. The SMILES string of the molecule is CC(=O)[C@@H]1[C@@H](C)C[C@H]2[C@@H]3CC[C@H]4CC(=O)CC[C@@]4(C)[C@@H]3[C@@H](O)C[C@@]12C. The fourth-order valence-electron chi connectivity index (χ4n) is 8.40. The summed E-state index contributed by atoms with van der Waals surface area (Å²) in [7, 11) is 0. The van der Waals surface area contributed by atoms with E-state index in [1.807, 2.05) is 0 Å². The normalized spacial score (nSPS) is 55.2. The Balaban J connectivity index is 1.70. The van der Waals surface area contributed by atoms with Crippen LogP contribution in [0.1, 0.15) is 72.6 Å². The van der Waals surface area contributed by atoms with Crippen LogP contribution in [-0.4, -0.2) is 22.8 Å². The second-order valence-electron chi connectivity index (χ2n) is 10.4. The molecular formula is C22H34O3. The second kappa shape index (κ2) is 5.65. The smallest absolute Gasteiger partial charge is 0.133 e. The molecule has 0 aromatic rings. The number of hydrogen-bond acceptors (Lipinski definition) is 3. The number of carbonyl (C=O) groups is 2. The molecule has 0 aromatic carbocycles. The number of aliphatic hydroxyl groups is 1. The van der Waals surface area contributed by atoms with Crippen molar-refractivity contribution in [1.29, 1.82) is 0 Å². The van der Waals surface area contributed by atoms with Crippen molar-refractivity contribution >= 4 is 11.6 Å². The van der Waals surface area contributed by atoms with Crippen LogP contribution < -0.4 is 0 Å². The molecule has 140 valence electrons. The maximum atomic E-state index is 12.4. The van der Waals surface area contributed by atoms with Gasteiger partial charge in [0.2, 0.25) is 0 Å². The van der Waals surface area contributed by atoms with E-state index >= 15 is 0 Å². The number of aliphatic hydroxyl groups excluding tert-OH is 1. The highest BCUT2D eigenvalue weighted by Crippen LogP contribution is 2.68. The quantitative estimate of drug-likeness (QED) is 0.780. The molecule has 4 aliphatic rings. The first kappa shape index (κ1) is 17.7. The Labute approximate surface area is 151 Å². The molecule has 25 heavy (non-hydrogen) atoms. The lowest BCUT2D eigenvalue weighted by molar-refractivity contribution is -0.174. The number of hydrogen-bond donors (Lipinski definition) is 1. The fraction of sp³-hybridized carbons (Fsp3) is 0.909. The minimum Gasteiger partial charge on any atom is -0.393 e. The number of fused-ring (bicyclic) bond motifs is 5. The summed E-state index contributed by atoms with van der Waals surface area (Å²) in [6.45, 7) is 8.63. The van der Waals surface area contributed by atoms with Gasteiger partial charge in [0.05, 0.1) is 6.10 Å². The third-order valence-corrected chi connectivity index (χ3v) is 9.19. The Morgan fingerprint density at radius 2 is 1.92 bits per heavy atom. The maximum Gasteiger partial charge on any atom is 0.133 e. The third-order valence-electron chi connectivity index (χ3n) is 9.19. The van der Waals surface area contributed by atoms with E-state index in [9.17, 15) is 14.7 Å². The summed E-state index contributed by atoms with van der Waals surface area (Å²) in [5, 5.41) is 11.3. The molecule has 0 radical (unpaired) electrons. The van der Waals surface area contributed by atoms with Crippen molar-refractivity contribution in [2.24, 2.45) is 46.3 Å². The van der Waals surface area contributed by atoms with Gasteiger partial charge in [-0.15, -0.1) is 0 Å². The summed E-state index contributed by atoms with van der Waals surface area (Å²) in [6, 6.07) is 0. The van der Waals surface area contributed by atoms with Gasteiger partial charge in [-0.3, -0.25) is 9.59 Å². The molecule has 4 aliphatic carbocycles. The van der Waals surface area contributed by atoms with Crippen LogP contribution in [0.3, 0.4) is 0 Å². The van der Waals surface area contributed by atoms with Gasteiger partial charge in [0.15, 0.2) is 0 Å². The van der Waals surface area contributed by atoms with Gasteiger partial charge >= 0.3 is 0 Å². The molecule has 0 heterocycles. The van der Waals surface area contributed by atoms with E-state index in [1.54, 1.807) is 6.92 Å². The van der Waals surface area contributed by atoms with E-state index in [4.69, 9.17) is 0 Å². The van der Waals surface area contributed by atoms with Crippen molar-refractivity contribution in [2.45, 2.75) is 78.7 Å². The molecule has 0 unspecified atom stereocenters. The highest BCUT2D eigenvalue weighted by atomic mass is 16.3. The molecule has 9 atom stereocenters. The van der Waals surface area contributed by atoms with E-state index in [1.165, 1.54) is 0 Å². The van der Waals surface area contributed by atoms with E-state index in [-0.39, 0.29) is 22.9 Å². The van der Waals surface area contributed by atoms with Crippen LogP contribution in [0.4, 0.5) is 0 Å². The van der Waals surface area contributed by atoms with E-state index < -0.39 is 0 Å². The number of rotatable bonds is 1. The first-order chi connectivity index (χ1) is 11.7. The average molecular weight is 347 g/mol. The summed E-state index contributed by atoms with van der Waals surface area (Å²) < 4.78 is 0. The summed E-state index contributed by atoms with van der Waals surface area (Å²) in [5.74, 6) is 3.11. The topological polar surface area (TPSA) is 54.4 Å². The van der Waals surface area contributed by atoms with Crippen LogP contribution in [0, 0.1) is 46.3 Å². The Morgan fingerprint density at radius 1 is 1.20 bits per heavy atom. The molecule has 3 heteroatoms. The minimum atomic E-state index is -0.320. The van der Waals surface area contributed by atoms with Gasteiger partial charge in [-0.2, -0.15) is 0 Å². The molecule has 0 aliphatic heterocycles. The third kappa shape index (κ3) is 2.33. The summed E-state index contributed by atoms with van der Waals surface area (Å²) in [6.07, 6.45) is 6.20. The van der Waals surface area contributed by atoms with Crippen LogP contribution in [-0.2, 0) is 9.59 Å². The predicted molar refractivity (Wildman–Crippen MR) is 96.8 cm³/mol. The highest BCUT2D eigenvalue weighted by molar-refractivity contribution is 5.80. The molecule has 0 aromatic heterocycles. The van der Waals surface area contributed by atoms with Crippen LogP contribution >= 0.6 is 0 Å². The molecule has 3 nitrogen and oxygen atoms in total. The monoisotopic (exact) mass is 346 g/mol. The summed E-state index contributed by atoms with van der Waals surface area (Å²) >= 11 is 0. The van der Waals surface area contributed by atoms with Gasteiger partial charge in [-0.05, 0) is 79.4 Å². The van der Waals surface area contributed by atoms with E-state index in [0.717, 1.165) is 38.5 Å². The number of carbonyl (C=O) groups excluding carboxylic acids is 2. The maximum absolute atomic E-state index is 12.4. The molecule has 4 rings (SSSR count). The van der Waals surface area contributed by atoms with Gasteiger partial charge < -0.3 is 5.11 Å². The molecule has 4 fully saturated rings. The first-order valence-electron chi connectivity index (χ1n) is 10.4. The summed E-state index contributed by atoms with van der Waals surface area (Å²) in [5.41, 5.74) is 0.0641. The van der Waals surface area contributed by atoms with Gasteiger partial charge in [0, 0.05) is 18.8 Å². The second-order valence-corrected chi connectivity index (χ2v) is 10.4. The van der Waals surface area contributed by atoms with Gasteiger partial charge in [0.1, 0.15) is 11.6 Å². The van der Waals surface area contributed by atoms with Crippen molar-refractivity contribution in [3.8, 4) is 0 Å². The van der Waals surface area contributed by atoms with Gasteiger partial charge in [-0.25, -0.2) is 0 Å². The zero-order chi connectivity index (χ0) is 18.1. The molecule has 0 amide bonds. The first-order valence-corrected chi connectivity index (χ1v) is 10.4. The fourth-order valence-corrected chi connectivity index (χ4v) is 8.40.